The molecule has 3 rings (SSSR count). The Kier molecular flexibility index (Phi) is 7.48. The summed E-state index contributed by atoms with van der Waals surface area (Å²) in [6.45, 7) is 1.89. The Morgan fingerprint density at radius 1 is 1.16 bits per heavy atom. The molecule has 1 fully saturated rings. The molecular formula is C21H18Cl2N2O5S. The Labute approximate surface area is 193 Å². The van der Waals surface area contributed by atoms with E-state index in [-0.39, 0.29) is 16.5 Å². The van der Waals surface area contributed by atoms with Gasteiger partial charge in [0.2, 0.25) is 5.91 Å². The zero-order valence-electron chi connectivity index (χ0n) is 16.4. The first-order valence-corrected chi connectivity index (χ1v) is 10.7. The largest absolute Gasteiger partial charge is 0.490 e. The van der Waals surface area contributed by atoms with E-state index in [0.29, 0.717) is 28.7 Å². The van der Waals surface area contributed by atoms with Gasteiger partial charge in [0.15, 0.2) is 11.5 Å². The molecular weight excluding hydrogens is 463 g/mol. The second kappa shape index (κ2) is 10.1. The summed E-state index contributed by atoms with van der Waals surface area (Å²) in [5.41, 5.74) is 6.41. The van der Waals surface area contributed by atoms with Gasteiger partial charge in [-0.25, -0.2) is 0 Å². The van der Waals surface area contributed by atoms with Crippen LogP contribution in [-0.4, -0.2) is 35.1 Å². The van der Waals surface area contributed by atoms with Crippen LogP contribution in [0.3, 0.4) is 0 Å². The van der Waals surface area contributed by atoms with E-state index in [1.807, 2.05) is 25.1 Å². The maximum absolute atomic E-state index is 12.4. The van der Waals surface area contributed by atoms with Crippen molar-refractivity contribution in [1.29, 1.82) is 0 Å². The molecule has 10 heteroatoms. The van der Waals surface area contributed by atoms with E-state index < -0.39 is 23.6 Å². The van der Waals surface area contributed by atoms with Gasteiger partial charge in [-0.3, -0.25) is 19.3 Å². The normalized spacial score (nSPS) is 14.9. The predicted octanol–water partition coefficient (Wildman–Crippen LogP) is 4.49. The summed E-state index contributed by atoms with van der Waals surface area (Å²) >= 11 is 13.3. The van der Waals surface area contributed by atoms with Crippen LogP contribution in [0.15, 0.2) is 41.3 Å². The van der Waals surface area contributed by atoms with Crippen LogP contribution < -0.4 is 15.2 Å². The van der Waals surface area contributed by atoms with Gasteiger partial charge < -0.3 is 15.2 Å². The lowest BCUT2D eigenvalue weighted by Gasteiger charge is -2.15. The van der Waals surface area contributed by atoms with Gasteiger partial charge in [0.1, 0.15) is 13.2 Å². The summed E-state index contributed by atoms with van der Waals surface area (Å²) in [7, 11) is 0. The molecule has 0 aliphatic carbocycles. The van der Waals surface area contributed by atoms with Gasteiger partial charge in [0.25, 0.3) is 11.1 Å². The second-order valence-corrected chi connectivity index (χ2v) is 8.18. The molecule has 0 bridgehead atoms. The van der Waals surface area contributed by atoms with Crippen molar-refractivity contribution in [2.24, 2.45) is 5.73 Å². The van der Waals surface area contributed by atoms with Crippen LogP contribution in [0.1, 0.15) is 18.1 Å². The van der Waals surface area contributed by atoms with E-state index >= 15 is 0 Å². The van der Waals surface area contributed by atoms with Crippen molar-refractivity contribution >= 4 is 58.1 Å². The summed E-state index contributed by atoms with van der Waals surface area (Å²) in [5.74, 6) is -0.653. The van der Waals surface area contributed by atoms with Crippen molar-refractivity contribution in [2.75, 3.05) is 13.2 Å². The fourth-order valence-corrected chi connectivity index (χ4v) is 4.09. The van der Waals surface area contributed by atoms with Crippen LogP contribution in [0.5, 0.6) is 11.5 Å². The highest BCUT2D eigenvalue weighted by Gasteiger charge is 2.35. The van der Waals surface area contributed by atoms with E-state index in [4.69, 9.17) is 38.4 Å². The fraction of sp³-hybridized carbons (Fsp3) is 0.190. The second-order valence-electron chi connectivity index (χ2n) is 6.38. The zero-order chi connectivity index (χ0) is 22.5. The number of ether oxygens (including phenoxy) is 2. The lowest BCUT2D eigenvalue weighted by Crippen LogP contribution is -2.36. The van der Waals surface area contributed by atoms with E-state index in [9.17, 15) is 14.4 Å². The Morgan fingerprint density at radius 2 is 1.90 bits per heavy atom. The SMILES string of the molecule is CCOc1cc(/C=C2\SC(=O)N(CC(N)=O)C2=O)cc(Cl)c1OCc1ccccc1Cl. The smallest absolute Gasteiger partial charge is 0.294 e. The number of carbonyl (C=O) groups is 3. The standard InChI is InChI=1S/C21H18Cl2N2O5S/c1-2-29-16-8-12(9-17-20(27)25(10-18(24)26)21(28)31-17)7-15(23)19(16)30-11-13-5-3-4-6-14(13)22/h3-9H,2,10-11H2,1H3,(H2,24,26)/b17-9-. The van der Waals surface area contributed by atoms with Crippen LogP contribution in [-0.2, 0) is 16.2 Å². The van der Waals surface area contributed by atoms with Crippen molar-refractivity contribution in [2.45, 2.75) is 13.5 Å². The number of nitrogens with two attached hydrogens (primary N) is 1. The topological polar surface area (TPSA) is 98.9 Å². The van der Waals surface area contributed by atoms with Gasteiger partial charge in [-0.05, 0) is 48.5 Å². The molecule has 7 nitrogen and oxygen atoms in total. The summed E-state index contributed by atoms with van der Waals surface area (Å²) in [4.78, 5) is 36.4. The number of benzene rings is 2. The van der Waals surface area contributed by atoms with Crippen molar-refractivity contribution < 1.29 is 23.9 Å². The number of amides is 3. The molecule has 2 aromatic rings. The van der Waals surface area contributed by atoms with E-state index in [1.54, 1.807) is 18.2 Å². The molecule has 0 aromatic heterocycles. The summed E-state index contributed by atoms with van der Waals surface area (Å²) in [5, 5.41) is 0.270. The number of halogens is 2. The number of rotatable bonds is 8. The Bertz CT molecular complexity index is 1070. The Hall–Kier alpha value is -2.68. The highest BCUT2D eigenvalue weighted by Crippen LogP contribution is 2.39. The first-order chi connectivity index (χ1) is 14.8. The number of hydrogen-bond donors (Lipinski definition) is 1. The number of nitrogens with zero attached hydrogens (tertiary/aromatic N) is 1. The molecule has 1 saturated heterocycles. The molecule has 2 aromatic carbocycles. The van der Waals surface area contributed by atoms with Crippen molar-refractivity contribution in [3.63, 3.8) is 0 Å². The molecule has 0 spiro atoms. The van der Waals surface area contributed by atoms with Crippen molar-refractivity contribution in [1.82, 2.24) is 4.90 Å². The summed E-state index contributed by atoms with van der Waals surface area (Å²) in [6, 6.07) is 10.5. The number of hydrogen-bond acceptors (Lipinski definition) is 6. The van der Waals surface area contributed by atoms with Crippen LogP contribution in [0.4, 0.5) is 4.79 Å². The molecule has 162 valence electrons. The number of carbonyl (C=O) groups excluding carboxylic acids is 3. The summed E-state index contributed by atoms with van der Waals surface area (Å²) in [6.07, 6.45) is 1.50. The molecule has 2 N–H and O–H groups in total. The highest BCUT2D eigenvalue weighted by atomic mass is 35.5. The minimum Gasteiger partial charge on any atom is -0.490 e. The Balaban J connectivity index is 1.87. The maximum Gasteiger partial charge on any atom is 0.294 e. The van der Waals surface area contributed by atoms with Crippen molar-refractivity contribution in [3.05, 3.63) is 62.5 Å². The number of imide groups is 1. The first-order valence-electron chi connectivity index (χ1n) is 9.16. The zero-order valence-corrected chi connectivity index (χ0v) is 18.7. The maximum atomic E-state index is 12.4. The van der Waals surface area contributed by atoms with Gasteiger partial charge >= 0.3 is 0 Å². The van der Waals surface area contributed by atoms with Gasteiger partial charge in [-0.15, -0.1) is 0 Å². The number of thioether (sulfide) groups is 1. The van der Waals surface area contributed by atoms with Gasteiger partial charge in [0, 0.05) is 10.6 Å². The third-order valence-electron chi connectivity index (χ3n) is 4.15. The molecule has 1 aliphatic heterocycles. The average molecular weight is 481 g/mol. The molecule has 31 heavy (non-hydrogen) atoms. The quantitative estimate of drug-likeness (QED) is 0.558. The number of primary amides is 1. The van der Waals surface area contributed by atoms with E-state index in [0.717, 1.165) is 22.2 Å². The van der Waals surface area contributed by atoms with Crippen LogP contribution in [0, 0.1) is 0 Å². The average Bonchev–Trinajstić information content (AvgIpc) is 2.96. The minimum atomic E-state index is -0.773. The van der Waals surface area contributed by atoms with Crippen LogP contribution >= 0.6 is 35.0 Å². The van der Waals surface area contributed by atoms with Crippen LogP contribution in [0.25, 0.3) is 6.08 Å². The van der Waals surface area contributed by atoms with Gasteiger partial charge in [-0.1, -0.05) is 41.4 Å². The predicted molar refractivity (Wildman–Crippen MR) is 120 cm³/mol. The minimum absolute atomic E-state index is 0.148. The van der Waals surface area contributed by atoms with Gasteiger partial charge in [0.05, 0.1) is 16.5 Å². The lowest BCUT2D eigenvalue weighted by molar-refractivity contribution is -0.127. The molecule has 1 aliphatic rings. The molecule has 1 heterocycles. The van der Waals surface area contributed by atoms with Crippen molar-refractivity contribution in [3.8, 4) is 11.5 Å². The lowest BCUT2D eigenvalue weighted by atomic mass is 10.1. The van der Waals surface area contributed by atoms with E-state index in [1.165, 1.54) is 6.08 Å². The summed E-state index contributed by atoms with van der Waals surface area (Å²) < 4.78 is 11.5. The van der Waals surface area contributed by atoms with E-state index in [2.05, 4.69) is 0 Å². The molecule has 0 atom stereocenters. The molecule has 0 unspecified atom stereocenters. The molecule has 3 amide bonds. The molecule has 0 saturated carbocycles. The van der Waals surface area contributed by atoms with Crippen LogP contribution in [0.2, 0.25) is 10.0 Å². The fourth-order valence-electron chi connectivity index (χ4n) is 2.78. The Morgan fingerprint density at radius 3 is 2.58 bits per heavy atom. The third kappa shape index (κ3) is 5.52. The highest BCUT2D eigenvalue weighted by molar-refractivity contribution is 8.18. The monoisotopic (exact) mass is 480 g/mol. The van der Waals surface area contributed by atoms with Gasteiger partial charge in [-0.2, -0.15) is 0 Å². The third-order valence-corrected chi connectivity index (χ3v) is 5.70. The first kappa shape index (κ1) is 23.0. The molecule has 0 radical (unpaired) electrons.